The highest BCUT2D eigenvalue weighted by molar-refractivity contribution is 5.90. The van der Waals surface area contributed by atoms with Gasteiger partial charge in [0.05, 0.1) is 17.1 Å². The summed E-state index contributed by atoms with van der Waals surface area (Å²) in [6, 6.07) is 2.91. The second kappa shape index (κ2) is 7.10. The van der Waals surface area contributed by atoms with Crippen LogP contribution in [0.1, 0.15) is 36.8 Å². The zero-order chi connectivity index (χ0) is 23.9. The minimum atomic E-state index is -1.36. The Kier molecular flexibility index (Phi) is 4.26. The molecule has 1 saturated heterocycles. The van der Waals surface area contributed by atoms with Crippen LogP contribution in [-0.4, -0.2) is 65.5 Å². The summed E-state index contributed by atoms with van der Waals surface area (Å²) in [5.74, 6) is 0.552. The van der Waals surface area contributed by atoms with Crippen LogP contribution < -0.4 is 9.47 Å². The Morgan fingerprint density at radius 2 is 2.03 bits per heavy atom. The first-order valence-electron chi connectivity index (χ1n) is 12.1. The summed E-state index contributed by atoms with van der Waals surface area (Å²) in [6.07, 6.45) is 5.64. The van der Waals surface area contributed by atoms with Crippen LogP contribution in [0.5, 0.6) is 11.5 Å². The number of nitrogens with zero attached hydrogens (tertiary/aromatic N) is 1. The highest BCUT2D eigenvalue weighted by atomic mass is 16.7. The third-order valence-corrected chi connectivity index (χ3v) is 8.40. The summed E-state index contributed by atoms with van der Waals surface area (Å²) in [7, 11) is 0. The normalized spacial score (nSPS) is 32.9. The summed E-state index contributed by atoms with van der Waals surface area (Å²) >= 11 is 0. The quantitative estimate of drug-likeness (QED) is 0.390. The molecule has 1 N–H and O–H groups in total. The van der Waals surface area contributed by atoms with Gasteiger partial charge in [0.2, 0.25) is 0 Å². The lowest BCUT2D eigenvalue weighted by atomic mass is 9.49. The fourth-order valence-corrected chi connectivity index (χ4v) is 6.52. The highest BCUT2D eigenvalue weighted by Crippen LogP contribution is 2.65. The van der Waals surface area contributed by atoms with E-state index in [0.717, 1.165) is 23.1 Å². The van der Waals surface area contributed by atoms with Crippen molar-refractivity contribution in [2.45, 2.75) is 55.3 Å². The van der Waals surface area contributed by atoms with Gasteiger partial charge in [0.15, 0.2) is 23.4 Å². The van der Waals surface area contributed by atoms with Crippen molar-refractivity contribution in [3.05, 3.63) is 47.1 Å². The van der Waals surface area contributed by atoms with Gasteiger partial charge in [-0.3, -0.25) is 4.79 Å². The fourth-order valence-electron chi connectivity index (χ4n) is 6.52. The number of benzene rings is 1. The number of hydrogen-bond acceptors (Lipinski definition) is 8. The second-order valence-electron chi connectivity index (χ2n) is 10.3. The molecule has 2 bridgehead atoms. The number of amides is 1. The van der Waals surface area contributed by atoms with Gasteiger partial charge in [-0.1, -0.05) is 24.3 Å². The van der Waals surface area contributed by atoms with Crippen LogP contribution in [0.25, 0.3) is 0 Å². The van der Waals surface area contributed by atoms with Gasteiger partial charge < -0.3 is 29.0 Å². The average molecular weight is 479 g/mol. The molecule has 0 aromatic heterocycles. The first kappa shape index (κ1) is 21.0. The van der Waals surface area contributed by atoms with Gasteiger partial charge in [0.1, 0.15) is 13.2 Å². The van der Waals surface area contributed by atoms with Crippen molar-refractivity contribution in [2.75, 3.05) is 19.8 Å². The van der Waals surface area contributed by atoms with E-state index in [4.69, 9.17) is 18.9 Å². The molecule has 1 aromatic carbocycles. The largest absolute Gasteiger partial charge is 0.514 e. The van der Waals surface area contributed by atoms with E-state index in [9.17, 15) is 19.5 Å². The van der Waals surface area contributed by atoms with E-state index in [1.807, 2.05) is 24.3 Å². The molecule has 2 heterocycles. The van der Waals surface area contributed by atoms with Crippen molar-refractivity contribution in [2.24, 2.45) is 5.92 Å². The predicted octanol–water partition coefficient (Wildman–Crippen LogP) is 2.58. The summed E-state index contributed by atoms with van der Waals surface area (Å²) in [5, 5.41) is 12.2. The molecule has 9 heteroatoms. The number of ether oxygens (including phenoxy) is 4. The Balaban J connectivity index is 1.25. The Labute approximate surface area is 201 Å². The van der Waals surface area contributed by atoms with E-state index in [1.54, 1.807) is 11.0 Å². The number of likely N-dealkylation sites (tertiary alicyclic amines) is 1. The number of carbonyl (C=O) groups is 3. The highest BCUT2D eigenvalue weighted by Gasteiger charge is 2.73. The van der Waals surface area contributed by atoms with Crippen LogP contribution in [-0.2, 0) is 26.1 Å². The second-order valence-corrected chi connectivity index (χ2v) is 10.3. The van der Waals surface area contributed by atoms with Gasteiger partial charge in [-0.05, 0) is 42.9 Å². The van der Waals surface area contributed by atoms with E-state index in [1.165, 1.54) is 0 Å². The van der Waals surface area contributed by atoms with Crippen LogP contribution in [0, 0.1) is 5.92 Å². The van der Waals surface area contributed by atoms with Crippen LogP contribution in [0.2, 0.25) is 0 Å². The summed E-state index contributed by atoms with van der Waals surface area (Å²) in [4.78, 5) is 40.0. The molecule has 2 fully saturated rings. The van der Waals surface area contributed by atoms with Crippen LogP contribution >= 0.6 is 0 Å². The lowest BCUT2D eigenvalue weighted by Crippen LogP contribution is -2.77. The van der Waals surface area contributed by atoms with Crippen LogP contribution in [0.4, 0.5) is 9.59 Å². The number of carbonyl (C=O) groups excluding carboxylic acids is 3. The number of Topliss-reactive ketones (excluding diaryl/α,β-unsaturated/α-hetero) is 1. The minimum Gasteiger partial charge on any atom is -0.477 e. The van der Waals surface area contributed by atoms with Gasteiger partial charge in [-0.2, -0.15) is 0 Å². The molecule has 4 aliphatic carbocycles. The van der Waals surface area contributed by atoms with Gasteiger partial charge in [0.25, 0.3) is 0 Å². The molecule has 1 saturated carbocycles. The number of hydrogen-bond donors (Lipinski definition) is 1. The average Bonchev–Trinajstić information content (AvgIpc) is 3.76. The monoisotopic (exact) mass is 479 g/mol. The number of aliphatic hydroxyl groups is 1. The Bertz CT molecular complexity index is 1230. The smallest absolute Gasteiger partial charge is 0.477 e. The zero-order valence-corrected chi connectivity index (χ0v) is 19.0. The van der Waals surface area contributed by atoms with E-state index in [-0.39, 0.29) is 43.5 Å². The Morgan fingerprint density at radius 1 is 1.20 bits per heavy atom. The number of ketones is 1. The van der Waals surface area contributed by atoms with E-state index < -0.39 is 35.4 Å². The van der Waals surface area contributed by atoms with Gasteiger partial charge in [-0.25, -0.2) is 9.59 Å². The third kappa shape index (κ3) is 2.94. The SMILES string of the molecule is O=C(OCC1C=C1)Oc1ccc2c3c1O[C@H]1C(=O)CCC4(O)[C@@H](C2)N(C(=O)OCC2=CC2)CC[C@]314. The maximum absolute atomic E-state index is 13.1. The van der Waals surface area contributed by atoms with E-state index in [0.29, 0.717) is 25.1 Å². The maximum atomic E-state index is 13.1. The number of rotatable bonds is 5. The molecule has 0 radical (unpaired) electrons. The molecule has 182 valence electrons. The molecule has 9 nitrogen and oxygen atoms in total. The molecule has 6 aliphatic rings. The van der Waals surface area contributed by atoms with Crippen molar-refractivity contribution in [1.29, 1.82) is 0 Å². The van der Waals surface area contributed by atoms with Gasteiger partial charge in [-0.15, -0.1) is 0 Å². The Hall–Kier alpha value is -3.33. The van der Waals surface area contributed by atoms with Crippen molar-refractivity contribution in [1.82, 2.24) is 4.90 Å². The lowest BCUT2D eigenvalue weighted by molar-refractivity contribution is -0.183. The minimum absolute atomic E-state index is 0.0949. The molecule has 1 aromatic rings. The lowest BCUT2D eigenvalue weighted by Gasteiger charge is -2.61. The molecule has 7 rings (SSSR count). The molecule has 1 unspecified atom stereocenters. The van der Waals surface area contributed by atoms with Crippen molar-refractivity contribution >= 4 is 18.0 Å². The predicted molar refractivity (Wildman–Crippen MR) is 119 cm³/mol. The van der Waals surface area contributed by atoms with Gasteiger partial charge >= 0.3 is 12.2 Å². The third-order valence-electron chi connectivity index (χ3n) is 8.40. The number of piperidine rings is 1. The fraction of sp³-hybridized carbons (Fsp3) is 0.500. The molecule has 1 spiro atoms. The number of allylic oxidation sites excluding steroid dienone is 1. The first-order chi connectivity index (χ1) is 16.9. The van der Waals surface area contributed by atoms with Crippen LogP contribution in [0.3, 0.4) is 0 Å². The summed E-state index contributed by atoms with van der Waals surface area (Å²) in [5.41, 5.74) is 0.317. The molecule has 2 aliphatic heterocycles. The van der Waals surface area contributed by atoms with E-state index >= 15 is 0 Å². The van der Waals surface area contributed by atoms with Crippen molar-refractivity contribution in [3.8, 4) is 11.5 Å². The van der Waals surface area contributed by atoms with Crippen molar-refractivity contribution in [3.63, 3.8) is 0 Å². The Morgan fingerprint density at radius 3 is 2.80 bits per heavy atom. The van der Waals surface area contributed by atoms with E-state index in [2.05, 4.69) is 0 Å². The zero-order valence-electron chi connectivity index (χ0n) is 19.0. The molecular weight excluding hydrogens is 454 g/mol. The summed E-state index contributed by atoms with van der Waals surface area (Å²) < 4.78 is 22.4. The van der Waals surface area contributed by atoms with Crippen LogP contribution in [0.15, 0.2) is 35.9 Å². The molecule has 4 atom stereocenters. The standard InChI is InChI=1S/C26H25NO8/c28-17-7-8-26(31)19-11-16-5-6-18(34-24(30)33-13-15-3-4-15)21-20(16)25(26,22(17)35-21)9-10-27(19)23(29)32-12-14-1-2-14/h1,3-6,15,19,22,31H,2,7-13H2/t19-,22+,25+,26?/m1/s1. The topological polar surface area (TPSA) is 112 Å². The maximum Gasteiger partial charge on any atom is 0.514 e. The molecule has 1 amide bonds. The van der Waals surface area contributed by atoms with Crippen molar-refractivity contribution < 1.29 is 38.4 Å². The first-order valence-corrected chi connectivity index (χ1v) is 12.1. The molecular formula is C26H25NO8. The van der Waals surface area contributed by atoms with Gasteiger partial charge in [0, 0.05) is 24.4 Å². The summed E-state index contributed by atoms with van der Waals surface area (Å²) in [6.45, 7) is 0.818. The molecule has 35 heavy (non-hydrogen) atoms.